The zero-order valence-corrected chi connectivity index (χ0v) is 13.2. The van der Waals surface area contributed by atoms with Gasteiger partial charge in [-0.3, -0.25) is 14.3 Å². The van der Waals surface area contributed by atoms with Crippen LogP contribution in [0.2, 0.25) is 0 Å². The van der Waals surface area contributed by atoms with Gasteiger partial charge in [0.1, 0.15) is 12.3 Å². The largest absolute Gasteiger partial charge is 0.394 e. The van der Waals surface area contributed by atoms with Crippen molar-refractivity contribution in [3.63, 3.8) is 0 Å². The first kappa shape index (κ1) is 15.8. The number of H-pyrrole nitrogens is 1. The van der Waals surface area contributed by atoms with E-state index in [1.54, 1.807) is 4.57 Å². The van der Waals surface area contributed by atoms with Crippen LogP contribution in [-0.4, -0.2) is 48.5 Å². The highest BCUT2D eigenvalue weighted by molar-refractivity contribution is 5.71. The average molecular weight is 343 g/mol. The molecule has 9 heteroatoms. The Labute approximate surface area is 141 Å². The molecule has 0 bridgehead atoms. The van der Waals surface area contributed by atoms with Gasteiger partial charge in [0.05, 0.1) is 19.0 Å². The summed E-state index contributed by atoms with van der Waals surface area (Å²) in [7, 11) is 0. The summed E-state index contributed by atoms with van der Waals surface area (Å²) in [6, 6.07) is 9.32. The summed E-state index contributed by atoms with van der Waals surface area (Å²) in [4.78, 5) is 23.4. The van der Waals surface area contributed by atoms with E-state index in [0.29, 0.717) is 5.65 Å². The summed E-state index contributed by atoms with van der Waals surface area (Å²) in [6.45, 7) is -0.279. The fourth-order valence-corrected chi connectivity index (χ4v) is 2.90. The molecule has 0 aliphatic carbocycles. The number of aliphatic hydroxyl groups excluding tert-OH is 2. The lowest BCUT2D eigenvalue weighted by Crippen LogP contribution is -2.24. The number of nitrogens with zero attached hydrogens (tertiary/aromatic N) is 3. The Bertz CT molecular complexity index is 939. The van der Waals surface area contributed by atoms with Crippen molar-refractivity contribution in [3.8, 4) is 0 Å². The second-order valence-electron chi connectivity index (χ2n) is 5.84. The molecule has 3 heterocycles. The van der Waals surface area contributed by atoms with Crippen LogP contribution in [0.25, 0.3) is 11.2 Å². The van der Waals surface area contributed by atoms with Gasteiger partial charge in [0, 0.05) is 12.1 Å². The number of fused-ring (bicyclic) bond motifs is 1. The van der Waals surface area contributed by atoms with E-state index in [2.05, 4.69) is 20.3 Å². The number of aliphatic hydroxyl groups is 2. The Morgan fingerprint density at radius 2 is 2.16 bits per heavy atom. The number of imidazole rings is 1. The van der Waals surface area contributed by atoms with Gasteiger partial charge in [-0.1, -0.05) is 18.2 Å². The smallest absolute Gasteiger partial charge is 0.280 e. The monoisotopic (exact) mass is 343 g/mol. The third kappa shape index (κ3) is 2.88. The molecular formula is C16H17N5O4. The molecule has 1 fully saturated rings. The highest BCUT2D eigenvalue weighted by Crippen LogP contribution is 2.30. The van der Waals surface area contributed by atoms with Crippen molar-refractivity contribution >= 4 is 22.8 Å². The van der Waals surface area contributed by atoms with Crippen molar-refractivity contribution in [3.05, 3.63) is 47.0 Å². The van der Waals surface area contributed by atoms with Crippen molar-refractivity contribution in [2.24, 2.45) is 0 Å². The number of para-hydroxylation sites is 1. The van der Waals surface area contributed by atoms with Crippen molar-refractivity contribution < 1.29 is 14.9 Å². The summed E-state index contributed by atoms with van der Waals surface area (Å²) in [6.07, 6.45) is -0.248. The third-order valence-electron chi connectivity index (χ3n) is 4.16. The average Bonchev–Trinajstić information content (AvgIpc) is 3.19. The van der Waals surface area contributed by atoms with Gasteiger partial charge < -0.3 is 20.3 Å². The molecule has 1 aromatic carbocycles. The first-order valence-corrected chi connectivity index (χ1v) is 7.89. The maximum atomic E-state index is 12.3. The molecular weight excluding hydrogens is 326 g/mol. The lowest BCUT2D eigenvalue weighted by Gasteiger charge is -2.14. The molecule has 0 amide bonds. The summed E-state index contributed by atoms with van der Waals surface area (Å²) in [5, 5.41) is 22.2. The highest BCUT2D eigenvalue weighted by atomic mass is 16.5. The molecule has 1 aliphatic heterocycles. The number of aromatic amines is 1. The third-order valence-corrected chi connectivity index (χ3v) is 4.16. The topological polar surface area (TPSA) is 125 Å². The van der Waals surface area contributed by atoms with Crippen molar-refractivity contribution in [2.75, 3.05) is 11.9 Å². The van der Waals surface area contributed by atoms with Gasteiger partial charge in [0.2, 0.25) is 5.95 Å². The summed E-state index contributed by atoms with van der Waals surface area (Å²) >= 11 is 0. The zero-order valence-electron chi connectivity index (χ0n) is 13.2. The van der Waals surface area contributed by atoms with E-state index >= 15 is 0 Å². The molecule has 0 saturated carbocycles. The number of rotatable bonds is 4. The summed E-state index contributed by atoms with van der Waals surface area (Å²) in [5.41, 5.74) is 0.936. The van der Waals surface area contributed by atoms with Gasteiger partial charge in [-0.05, 0) is 12.1 Å². The van der Waals surface area contributed by atoms with E-state index in [1.165, 1.54) is 6.33 Å². The first-order chi connectivity index (χ1) is 12.2. The van der Waals surface area contributed by atoms with Gasteiger partial charge >= 0.3 is 0 Å². The Morgan fingerprint density at radius 3 is 2.88 bits per heavy atom. The van der Waals surface area contributed by atoms with E-state index < -0.39 is 18.4 Å². The first-order valence-electron chi connectivity index (χ1n) is 7.89. The molecule has 3 atom stereocenters. The Hall–Kier alpha value is -2.75. The number of anilines is 2. The molecule has 0 radical (unpaired) electrons. The fourth-order valence-electron chi connectivity index (χ4n) is 2.90. The second kappa shape index (κ2) is 6.28. The molecule has 2 aromatic heterocycles. The molecule has 1 aliphatic rings. The molecule has 9 nitrogen and oxygen atoms in total. The van der Waals surface area contributed by atoms with Crippen LogP contribution in [0.1, 0.15) is 12.6 Å². The van der Waals surface area contributed by atoms with Crippen LogP contribution in [0.4, 0.5) is 11.6 Å². The van der Waals surface area contributed by atoms with Gasteiger partial charge in [0.25, 0.3) is 5.56 Å². The molecule has 0 unspecified atom stereocenters. The van der Waals surface area contributed by atoms with Crippen molar-refractivity contribution in [2.45, 2.75) is 24.9 Å². The lowest BCUT2D eigenvalue weighted by molar-refractivity contribution is -0.0432. The number of ether oxygens (including phenoxy) is 1. The van der Waals surface area contributed by atoms with E-state index in [4.69, 9.17) is 4.74 Å². The van der Waals surface area contributed by atoms with Crippen LogP contribution >= 0.6 is 0 Å². The molecule has 3 aromatic rings. The molecule has 25 heavy (non-hydrogen) atoms. The van der Waals surface area contributed by atoms with Crippen molar-refractivity contribution in [1.29, 1.82) is 0 Å². The predicted octanol–water partition coefficient (Wildman–Crippen LogP) is 0.504. The molecule has 0 spiro atoms. The molecule has 4 rings (SSSR count). The van der Waals surface area contributed by atoms with Crippen LogP contribution in [0.3, 0.4) is 0 Å². The van der Waals surface area contributed by atoms with Gasteiger partial charge in [-0.15, -0.1) is 0 Å². The van der Waals surface area contributed by atoms with Gasteiger partial charge in [0.15, 0.2) is 11.2 Å². The van der Waals surface area contributed by atoms with Gasteiger partial charge in [-0.2, -0.15) is 4.98 Å². The SMILES string of the molecule is O=c1[nH]c(Nc2ccccc2)nc2c1ncn2[C@H]1C[C@H](O)[C@@H](CO)O1. The maximum Gasteiger partial charge on any atom is 0.280 e. The predicted molar refractivity (Wildman–Crippen MR) is 89.5 cm³/mol. The lowest BCUT2D eigenvalue weighted by atomic mass is 10.2. The Kier molecular flexibility index (Phi) is 3.96. The molecule has 1 saturated heterocycles. The molecule has 4 N–H and O–H groups in total. The second-order valence-corrected chi connectivity index (χ2v) is 5.84. The summed E-state index contributed by atoms with van der Waals surface area (Å²) in [5.74, 6) is 0.280. The quantitative estimate of drug-likeness (QED) is 0.544. The van der Waals surface area contributed by atoms with Crippen molar-refractivity contribution in [1.82, 2.24) is 19.5 Å². The fraction of sp³-hybridized carbons (Fsp3) is 0.312. The Balaban J connectivity index is 1.71. The van der Waals surface area contributed by atoms with E-state index in [-0.39, 0.29) is 30.1 Å². The van der Waals surface area contributed by atoms with Crippen LogP contribution in [0, 0.1) is 0 Å². The minimum Gasteiger partial charge on any atom is -0.394 e. The van der Waals surface area contributed by atoms with Gasteiger partial charge in [-0.25, -0.2) is 4.98 Å². The van der Waals surface area contributed by atoms with Crippen LogP contribution < -0.4 is 10.9 Å². The van der Waals surface area contributed by atoms with Crippen LogP contribution in [-0.2, 0) is 4.74 Å². The number of hydrogen-bond donors (Lipinski definition) is 4. The minimum absolute atomic E-state index is 0.184. The zero-order chi connectivity index (χ0) is 17.4. The Morgan fingerprint density at radius 1 is 1.36 bits per heavy atom. The number of nitrogens with one attached hydrogen (secondary N) is 2. The number of aromatic nitrogens is 4. The van der Waals surface area contributed by atoms with E-state index in [9.17, 15) is 15.0 Å². The normalized spacial score (nSPS) is 23.2. The highest BCUT2D eigenvalue weighted by Gasteiger charge is 2.35. The number of benzene rings is 1. The minimum atomic E-state index is -0.781. The maximum absolute atomic E-state index is 12.3. The van der Waals surface area contributed by atoms with E-state index in [0.717, 1.165) is 5.69 Å². The standard InChI is InChI=1S/C16H17N5O4/c22-7-11-10(23)6-12(25-11)21-8-17-13-14(21)19-16(20-15(13)24)18-9-4-2-1-3-5-9/h1-5,8,10-12,22-23H,6-7H2,(H2,18,19,20,24)/t10-,11+,12+/m0/s1. The summed E-state index contributed by atoms with van der Waals surface area (Å²) < 4.78 is 7.22. The van der Waals surface area contributed by atoms with E-state index in [1.807, 2.05) is 30.3 Å². The van der Waals surface area contributed by atoms with Crippen LogP contribution in [0.15, 0.2) is 41.5 Å². The number of hydrogen-bond acceptors (Lipinski definition) is 7. The van der Waals surface area contributed by atoms with Crippen LogP contribution in [0.5, 0.6) is 0 Å². The molecule has 130 valence electrons.